The molecule has 4 fully saturated rings. The van der Waals surface area contributed by atoms with Crippen molar-refractivity contribution in [2.45, 2.75) is 43.8 Å². The second-order valence-corrected chi connectivity index (χ2v) is 7.17. The van der Waals surface area contributed by atoms with Gasteiger partial charge in [0.1, 0.15) is 0 Å². The van der Waals surface area contributed by atoms with Crippen LogP contribution in [0.1, 0.15) is 25.7 Å². The van der Waals surface area contributed by atoms with E-state index in [0.717, 1.165) is 30.0 Å². The Morgan fingerprint density at radius 1 is 0.944 bits per heavy atom. The maximum Gasteiger partial charge on any atom is 0.0192 e. The first-order valence-electron chi connectivity index (χ1n) is 7.01. The van der Waals surface area contributed by atoms with Gasteiger partial charge in [-0.3, -0.25) is 4.90 Å². The highest BCUT2D eigenvalue weighted by molar-refractivity contribution is 7.99. The van der Waals surface area contributed by atoms with E-state index in [9.17, 15) is 0 Å². The average Bonchev–Trinajstić information content (AvgIpc) is 3.02. The second kappa shape index (κ2) is 6.09. The van der Waals surface area contributed by atoms with E-state index in [1.807, 2.05) is 0 Å². The van der Waals surface area contributed by atoms with Crippen molar-refractivity contribution in [3.8, 4) is 0 Å². The molecule has 0 radical (unpaired) electrons. The van der Waals surface area contributed by atoms with Crippen LogP contribution < -0.4 is 5.32 Å². The van der Waals surface area contributed by atoms with Gasteiger partial charge in [-0.05, 0) is 56.4 Å². The Bertz CT molecular complexity index is 268. The van der Waals surface area contributed by atoms with Gasteiger partial charge in [0.2, 0.25) is 0 Å². The van der Waals surface area contributed by atoms with Crippen LogP contribution in [0.3, 0.4) is 0 Å². The Morgan fingerprint density at radius 3 is 2.17 bits per heavy atom. The summed E-state index contributed by atoms with van der Waals surface area (Å²) in [6.07, 6.45) is 5.93. The van der Waals surface area contributed by atoms with Crippen LogP contribution in [0.5, 0.6) is 0 Å². The minimum Gasteiger partial charge on any atom is -0.316 e. The summed E-state index contributed by atoms with van der Waals surface area (Å²) in [6, 6.07) is 2.84. The Kier molecular flexibility index (Phi) is 5.16. The van der Waals surface area contributed by atoms with Crippen LogP contribution in [0.4, 0.5) is 0 Å². The van der Waals surface area contributed by atoms with E-state index in [-0.39, 0.29) is 24.8 Å². The number of fused-ring (bicyclic) bond motifs is 5. The van der Waals surface area contributed by atoms with Crippen molar-refractivity contribution in [2.24, 2.45) is 11.8 Å². The number of hydrogen-bond donors (Lipinski definition) is 1. The first-order chi connectivity index (χ1) is 7.95. The zero-order valence-corrected chi connectivity index (χ0v) is 13.2. The largest absolute Gasteiger partial charge is 0.316 e. The highest BCUT2D eigenvalue weighted by Gasteiger charge is 2.56. The molecule has 18 heavy (non-hydrogen) atoms. The Labute approximate surface area is 127 Å². The van der Waals surface area contributed by atoms with Crippen LogP contribution in [0.15, 0.2) is 0 Å². The van der Waals surface area contributed by atoms with E-state index in [1.54, 1.807) is 0 Å². The third-order valence-electron chi connectivity index (χ3n) is 5.38. The van der Waals surface area contributed by atoms with Crippen molar-refractivity contribution in [1.82, 2.24) is 10.2 Å². The molecule has 4 aliphatic rings. The molecule has 4 rings (SSSR count). The third-order valence-corrected chi connectivity index (χ3v) is 6.58. The van der Waals surface area contributed by atoms with Gasteiger partial charge < -0.3 is 5.32 Å². The summed E-state index contributed by atoms with van der Waals surface area (Å²) in [5.74, 6) is 4.84. The van der Waals surface area contributed by atoms with Crippen molar-refractivity contribution in [3.05, 3.63) is 0 Å². The highest BCUT2D eigenvalue weighted by Crippen LogP contribution is 2.49. The summed E-state index contributed by atoms with van der Waals surface area (Å²) in [6.45, 7) is 2.62. The van der Waals surface area contributed by atoms with E-state index >= 15 is 0 Å². The molecule has 0 aromatic carbocycles. The molecule has 4 saturated heterocycles. The van der Waals surface area contributed by atoms with Crippen LogP contribution in [0.2, 0.25) is 0 Å². The van der Waals surface area contributed by atoms with Crippen molar-refractivity contribution in [1.29, 1.82) is 0 Å². The van der Waals surface area contributed by atoms with Gasteiger partial charge in [-0.2, -0.15) is 11.8 Å². The zero-order chi connectivity index (χ0) is 10.5. The molecule has 0 aromatic rings. The van der Waals surface area contributed by atoms with E-state index in [4.69, 9.17) is 0 Å². The number of halogens is 2. The maximum atomic E-state index is 3.62. The van der Waals surface area contributed by atoms with Gasteiger partial charge in [-0.25, -0.2) is 0 Å². The smallest absolute Gasteiger partial charge is 0.0192 e. The molecule has 0 spiro atoms. The number of thioether (sulfide) groups is 1. The maximum absolute atomic E-state index is 3.62. The molecule has 1 N–H and O–H groups in total. The molecular formula is C13H24Cl2N2S. The molecule has 4 heterocycles. The fourth-order valence-corrected chi connectivity index (χ4v) is 5.97. The van der Waals surface area contributed by atoms with Crippen molar-refractivity contribution < 1.29 is 0 Å². The number of nitrogens with one attached hydrogen (secondary N) is 1. The first kappa shape index (κ1) is 15.2. The van der Waals surface area contributed by atoms with E-state index in [1.165, 1.54) is 50.3 Å². The summed E-state index contributed by atoms with van der Waals surface area (Å²) in [7, 11) is 0. The molecule has 2 nitrogen and oxygen atoms in total. The van der Waals surface area contributed by atoms with Crippen LogP contribution in [-0.4, -0.2) is 47.6 Å². The summed E-state index contributed by atoms with van der Waals surface area (Å²) in [4.78, 5) is 2.97. The van der Waals surface area contributed by atoms with Gasteiger partial charge in [0.25, 0.3) is 0 Å². The zero-order valence-electron chi connectivity index (χ0n) is 10.7. The van der Waals surface area contributed by atoms with Crippen molar-refractivity contribution in [3.63, 3.8) is 0 Å². The Morgan fingerprint density at radius 2 is 1.61 bits per heavy atom. The average molecular weight is 311 g/mol. The normalized spacial score (nSPS) is 46.3. The summed E-state index contributed by atoms with van der Waals surface area (Å²) >= 11 is 2.19. The molecule has 5 atom stereocenters. The van der Waals surface area contributed by atoms with E-state index in [0.29, 0.717) is 0 Å². The highest BCUT2D eigenvalue weighted by atomic mass is 35.5. The third kappa shape index (κ3) is 2.20. The molecular weight excluding hydrogens is 287 g/mol. The molecule has 4 aliphatic heterocycles. The molecule has 5 heteroatoms. The standard InChI is InChI=1S/C13H22N2S.2ClH/c1-2-9(8-16-5-1)15-12-3-4-13(15)11-7-14-6-10(11)12;;/h9-14H,1-8H2;2*1H/t9?,10-,11+,12-,13+;;. The second-order valence-electron chi connectivity index (χ2n) is 6.02. The summed E-state index contributed by atoms with van der Waals surface area (Å²) < 4.78 is 0. The predicted molar refractivity (Wildman–Crippen MR) is 83.3 cm³/mol. The lowest BCUT2D eigenvalue weighted by Gasteiger charge is -2.35. The summed E-state index contributed by atoms with van der Waals surface area (Å²) in [5, 5.41) is 3.62. The molecule has 0 aromatic heterocycles. The van der Waals surface area contributed by atoms with Crippen LogP contribution in [0.25, 0.3) is 0 Å². The Balaban J connectivity index is 0.000000602. The van der Waals surface area contributed by atoms with Crippen LogP contribution in [-0.2, 0) is 0 Å². The summed E-state index contributed by atoms with van der Waals surface area (Å²) in [5.41, 5.74) is 0. The SMILES string of the molecule is C1CSCC(N2[C@@H]3CC[C@H]2[C@H]2CNC[C@H]23)C1.Cl.Cl. The van der Waals surface area contributed by atoms with Gasteiger partial charge in [0, 0.05) is 23.9 Å². The molecule has 0 aliphatic carbocycles. The number of rotatable bonds is 1. The van der Waals surface area contributed by atoms with Crippen molar-refractivity contribution >= 4 is 36.6 Å². The molecule has 2 bridgehead atoms. The quantitative estimate of drug-likeness (QED) is 0.800. The lowest BCUT2D eigenvalue weighted by atomic mass is 9.82. The fraction of sp³-hybridized carbons (Fsp3) is 1.00. The van der Waals surface area contributed by atoms with Crippen LogP contribution >= 0.6 is 36.6 Å². The molecule has 1 unspecified atom stereocenters. The lowest BCUT2D eigenvalue weighted by molar-refractivity contribution is 0.161. The van der Waals surface area contributed by atoms with Gasteiger partial charge in [0.05, 0.1) is 0 Å². The Hall–Kier alpha value is 0.850. The fourth-order valence-electron chi connectivity index (χ4n) is 4.82. The number of nitrogens with zero attached hydrogens (tertiary/aromatic N) is 1. The van der Waals surface area contributed by atoms with Gasteiger partial charge in [0.15, 0.2) is 0 Å². The minimum atomic E-state index is 0. The molecule has 0 saturated carbocycles. The molecule has 0 amide bonds. The molecule has 106 valence electrons. The van der Waals surface area contributed by atoms with Gasteiger partial charge >= 0.3 is 0 Å². The lowest BCUT2D eigenvalue weighted by Crippen LogP contribution is -2.44. The first-order valence-corrected chi connectivity index (χ1v) is 8.16. The predicted octanol–water partition coefficient (Wildman–Crippen LogP) is 2.41. The number of hydrogen-bond acceptors (Lipinski definition) is 3. The van der Waals surface area contributed by atoms with Gasteiger partial charge in [-0.1, -0.05) is 0 Å². The van der Waals surface area contributed by atoms with E-state index < -0.39 is 0 Å². The monoisotopic (exact) mass is 310 g/mol. The van der Waals surface area contributed by atoms with Gasteiger partial charge in [-0.15, -0.1) is 24.8 Å². The topological polar surface area (TPSA) is 15.3 Å². The van der Waals surface area contributed by atoms with Crippen molar-refractivity contribution in [2.75, 3.05) is 24.6 Å². The van der Waals surface area contributed by atoms with E-state index in [2.05, 4.69) is 22.0 Å². The minimum absolute atomic E-state index is 0. The van der Waals surface area contributed by atoms with Crippen LogP contribution in [0, 0.1) is 11.8 Å².